The van der Waals surface area contributed by atoms with Crippen molar-refractivity contribution < 1.29 is 23.9 Å². The molecular formula is C17H20N2O5S. The van der Waals surface area contributed by atoms with Crippen molar-refractivity contribution >= 4 is 39.4 Å². The molecule has 1 aromatic carbocycles. The number of carbonyl (C=O) groups excluding carboxylic acids is 3. The Morgan fingerprint density at radius 1 is 1.32 bits per heavy atom. The monoisotopic (exact) mass is 364 g/mol. The summed E-state index contributed by atoms with van der Waals surface area (Å²) in [6, 6.07) is 4.22. The molecule has 2 rings (SSSR count). The number of methoxy groups -OCH3 is 1. The van der Waals surface area contributed by atoms with Gasteiger partial charge in [-0.3, -0.25) is 4.79 Å². The van der Waals surface area contributed by atoms with Crippen molar-refractivity contribution in [2.75, 3.05) is 13.7 Å². The number of esters is 2. The predicted octanol–water partition coefficient (Wildman–Crippen LogP) is 2.16. The van der Waals surface area contributed by atoms with Gasteiger partial charge in [0.15, 0.2) is 6.61 Å². The van der Waals surface area contributed by atoms with Crippen molar-refractivity contribution in [2.24, 2.45) is 5.92 Å². The van der Waals surface area contributed by atoms with E-state index in [4.69, 9.17) is 9.47 Å². The van der Waals surface area contributed by atoms with Crippen LogP contribution in [-0.2, 0) is 19.1 Å². The van der Waals surface area contributed by atoms with Crippen LogP contribution >= 0.6 is 11.3 Å². The molecule has 134 valence electrons. The van der Waals surface area contributed by atoms with Gasteiger partial charge in [-0.2, -0.15) is 0 Å². The third-order valence-corrected chi connectivity index (χ3v) is 4.68. The standard InChI is InChI=1S/C17H20N2O5S/c1-4-10(2)15(17(22)23-3)19-14(20)8-24-16(21)11-5-6-12-13(7-11)25-9-18-12/h5-7,9-10,15H,4,8H2,1-3H3,(H,19,20)/t10-,15+/m0/s1. The number of amides is 1. The molecule has 0 unspecified atom stereocenters. The largest absolute Gasteiger partial charge is 0.467 e. The third kappa shape index (κ3) is 4.76. The molecule has 0 fully saturated rings. The maximum absolute atomic E-state index is 12.1. The average Bonchev–Trinajstić information content (AvgIpc) is 3.10. The summed E-state index contributed by atoms with van der Waals surface area (Å²) in [5, 5.41) is 2.55. The summed E-state index contributed by atoms with van der Waals surface area (Å²) < 4.78 is 10.6. The highest BCUT2D eigenvalue weighted by atomic mass is 32.1. The minimum absolute atomic E-state index is 0.0964. The molecule has 2 aromatic rings. The van der Waals surface area contributed by atoms with Crippen LogP contribution in [0.2, 0.25) is 0 Å². The van der Waals surface area contributed by atoms with Gasteiger partial charge in [0, 0.05) is 0 Å². The van der Waals surface area contributed by atoms with Crippen LogP contribution in [0.1, 0.15) is 30.6 Å². The summed E-state index contributed by atoms with van der Waals surface area (Å²) in [4.78, 5) is 40.0. The summed E-state index contributed by atoms with van der Waals surface area (Å²) in [6.07, 6.45) is 0.689. The molecule has 8 heteroatoms. The first-order valence-electron chi connectivity index (χ1n) is 7.83. The third-order valence-electron chi connectivity index (χ3n) is 3.89. The second-order valence-corrected chi connectivity index (χ2v) is 6.45. The molecule has 0 aliphatic rings. The van der Waals surface area contributed by atoms with Crippen LogP contribution in [0.4, 0.5) is 0 Å². The first-order valence-corrected chi connectivity index (χ1v) is 8.71. The van der Waals surface area contributed by atoms with Gasteiger partial charge in [0.2, 0.25) is 0 Å². The Balaban J connectivity index is 1.93. The van der Waals surface area contributed by atoms with Gasteiger partial charge in [-0.15, -0.1) is 11.3 Å². The van der Waals surface area contributed by atoms with E-state index in [-0.39, 0.29) is 5.92 Å². The first-order chi connectivity index (χ1) is 12.0. The molecule has 0 radical (unpaired) electrons. The average molecular weight is 364 g/mol. The molecule has 0 aliphatic carbocycles. The van der Waals surface area contributed by atoms with E-state index in [2.05, 4.69) is 10.3 Å². The van der Waals surface area contributed by atoms with Crippen LogP contribution in [0.15, 0.2) is 23.7 Å². The number of nitrogens with zero attached hydrogens (tertiary/aromatic N) is 1. The molecular weight excluding hydrogens is 344 g/mol. The van der Waals surface area contributed by atoms with Crippen LogP contribution in [0.3, 0.4) is 0 Å². The highest BCUT2D eigenvalue weighted by Gasteiger charge is 2.27. The van der Waals surface area contributed by atoms with Crippen molar-refractivity contribution in [1.82, 2.24) is 10.3 Å². The van der Waals surface area contributed by atoms with Gasteiger partial charge in [0.1, 0.15) is 6.04 Å². The van der Waals surface area contributed by atoms with E-state index in [0.717, 1.165) is 10.2 Å². The van der Waals surface area contributed by atoms with Crippen molar-refractivity contribution in [3.05, 3.63) is 29.3 Å². The zero-order valence-electron chi connectivity index (χ0n) is 14.3. The van der Waals surface area contributed by atoms with E-state index < -0.39 is 30.5 Å². The highest BCUT2D eigenvalue weighted by molar-refractivity contribution is 7.16. The number of rotatable bonds is 7. The Hall–Kier alpha value is -2.48. The zero-order chi connectivity index (χ0) is 18.4. The fraction of sp³-hybridized carbons (Fsp3) is 0.412. The molecule has 1 amide bonds. The first kappa shape index (κ1) is 18.9. The predicted molar refractivity (Wildman–Crippen MR) is 93.3 cm³/mol. The van der Waals surface area contributed by atoms with E-state index in [1.165, 1.54) is 18.4 Å². The fourth-order valence-electron chi connectivity index (χ4n) is 2.21. The van der Waals surface area contributed by atoms with Crippen molar-refractivity contribution in [2.45, 2.75) is 26.3 Å². The van der Waals surface area contributed by atoms with E-state index in [0.29, 0.717) is 12.0 Å². The lowest BCUT2D eigenvalue weighted by molar-refractivity contribution is -0.147. The number of hydrogen-bond acceptors (Lipinski definition) is 7. The SMILES string of the molecule is CC[C@H](C)[C@@H](NC(=O)COC(=O)c1ccc2ncsc2c1)C(=O)OC. The second-order valence-electron chi connectivity index (χ2n) is 5.56. The molecule has 1 heterocycles. The molecule has 2 atom stereocenters. The molecule has 0 spiro atoms. The van der Waals surface area contributed by atoms with Gasteiger partial charge in [-0.05, 0) is 24.1 Å². The van der Waals surface area contributed by atoms with Gasteiger partial charge < -0.3 is 14.8 Å². The molecule has 0 saturated heterocycles. The van der Waals surface area contributed by atoms with Gasteiger partial charge in [-0.25, -0.2) is 14.6 Å². The number of aromatic nitrogens is 1. The topological polar surface area (TPSA) is 94.6 Å². The lowest BCUT2D eigenvalue weighted by Gasteiger charge is -2.21. The maximum Gasteiger partial charge on any atom is 0.338 e. The summed E-state index contributed by atoms with van der Waals surface area (Å²) >= 11 is 1.41. The van der Waals surface area contributed by atoms with E-state index in [9.17, 15) is 14.4 Å². The lowest BCUT2D eigenvalue weighted by Crippen LogP contribution is -2.47. The van der Waals surface area contributed by atoms with Crippen LogP contribution in [-0.4, -0.2) is 42.6 Å². The minimum atomic E-state index is -0.769. The number of ether oxygens (including phenoxy) is 2. The molecule has 25 heavy (non-hydrogen) atoms. The Morgan fingerprint density at radius 2 is 2.08 bits per heavy atom. The Labute approximate surface area is 149 Å². The van der Waals surface area contributed by atoms with Gasteiger partial charge in [0.05, 0.1) is 28.4 Å². The number of fused-ring (bicyclic) bond motifs is 1. The molecule has 0 aliphatic heterocycles. The zero-order valence-corrected chi connectivity index (χ0v) is 15.1. The van der Waals surface area contributed by atoms with Gasteiger partial charge in [-0.1, -0.05) is 20.3 Å². The number of nitrogens with one attached hydrogen (secondary N) is 1. The molecule has 7 nitrogen and oxygen atoms in total. The van der Waals surface area contributed by atoms with Crippen LogP contribution < -0.4 is 5.32 Å². The molecule has 0 bridgehead atoms. The highest BCUT2D eigenvalue weighted by Crippen LogP contribution is 2.19. The Kier molecular flexibility index (Phi) is 6.46. The van der Waals surface area contributed by atoms with Gasteiger partial charge >= 0.3 is 11.9 Å². The number of hydrogen-bond donors (Lipinski definition) is 1. The lowest BCUT2D eigenvalue weighted by atomic mass is 9.99. The van der Waals surface area contributed by atoms with Crippen molar-refractivity contribution in [3.63, 3.8) is 0 Å². The molecule has 1 N–H and O–H groups in total. The summed E-state index contributed by atoms with van der Waals surface area (Å²) in [7, 11) is 1.26. The number of benzene rings is 1. The number of thiazole rings is 1. The smallest absolute Gasteiger partial charge is 0.338 e. The van der Waals surface area contributed by atoms with E-state index in [1.807, 2.05) is 13.8 Å². The quantitative estimate of drug-likeness (QED) is 0.757. The van der Waals surface area contributed by atoms with Crippen molar-refractivity contribution in [3.8, 4) is 0 Å². The molecule has 0 saturated carbocycles. The van der Waals surface area contributed by atoms with Crippen LogP contribution in [0.25, 0.3) is 10.2 Å². The minimum Gasteiger partial charge on any atom is -0.467 e. The van der Waals surface area contributed by atoms with E-state index in [1.54, 1.807) is 23.7 Å². The van der Waals surface area contributed by atoms with Crippen LogP contribution in [0.5, 0.6) is 0 Å². The summed E-state index contributed by atoms with van der Waals surface area (Å²) in [6.45, 7) is 3.27. The van der Waals surface area contributed by atoms with Crippen molar-refractivity contribution in [1.29, 1.82) is 0 Å². The Bertz CT molecular complexity index is 773. The Morgan fingerprint density at radius 3 is 2.76 bits per heavy atom. The van der Waals surface area contributed by atoms with Gasteiger partial charge in [0.25, 0.3) is 5.91 Å². The van der Waals surface area contributed by atoms with Crippen LogP contribution in [0, 0.1) is 5.92 Å². The normalized spacial score (nSPS) is 13.1. The number of carbonyl (C=O) groups is 3. The summed E-state index contributed by atoms with van der Waals surface area (Å²) in [5.41, 5.74) is 2.83. The second kappa shape index (κ2) is 8.57. The summed E-state index contributed by atoms with van der Waals surface area (Å²) in [5.74, 6) is -1.78. The fourth-order valence-corrected chi connectivity index (χ4v) is 2.92. The molecule has 1 aromatic heterocycles. The maximum atomic E-state index is 12.1. The van der Waals surface area contributed by atoms with E-state index >= 15 is 0 Å².